The Hall–Kier alpha value is -3.02. The molecule has 1 rings (SSSR count). The van der Waals surface area contributed by atoms with E-state index >= 15 is 0 Å². The highest BCUT2D eigenvalue weighted by Gasteiger charge is 2.08. The van der Waals surface area contributed by atoms with E-state index in [0.29, 0.717) is 5.57 Å². The summed E-state index contributed by atoms with van der Waals surface area (Å²) in [7, 11) is 0. The van der Waals surface area contributed by atoms with E-state index in [1.807, 2.05) is 30.3 Å². The number of hydrogen-bond donors (Lipinski definition) is 2. The van der Waals surface area contributed by atoms with Gasteiger partial charge in [0.05, 0.1) is 6.20 Å². The van der Waals surface area contributed by atoms with E-state index in [0.717, 1.165) is 11.8 Å². The average molecular weight is 312 g/mol. The van der Waals surface area contributed by atoms with Crippen molar-refractivity contribution < 1.29 is 9.53 Å². The van der Waals surface area contributed by atoms with Crippen molar-refractivity contribution in [1.29, 1.82) is 5.41 Å². The summed E-state index contributed by atoms with van der Waals surface area (Å²) in [6.07, 6.45) is 2.68. The van der Waals surface area contributed by atoms with Crippen LogP contribution in [0.1, 0.15) is 19.4 Å². The van der Waals surface area contributed by atoms with Crippen LogP contribution in [0.25, 0.3) is 0 Å². The van der Waals surface area contributed by atoms with Gasteiger partial charge in [-0.2, -0.15) is 0 Å². The Balaban J connectivity index is 2.76. The molecule has 0 fully saturated rings. The Morgan fingerprint density at radius 2 is 2.04 bits per heavy atom. The molecular formula is C17H20N4O2. The maximum absolute atomic E-state index is 11.8. The fraction of sp³-hybridized carbons (Fsp3) is 0.176. The minimum atomic E-state index is -0.672. The second kappa shape index (κ2) is 9.09. The second-order valence-corrected chi connectivity index (χ2v) is 4.59. The largest absolute Gasteiger partial charge is 0.456 e. The van der Waals surface area contributed by atoms with Crippen LogP contribution in [-0.2, 0) is 16.1 Å². The van der Waals surface area contributed by atoms with Crippen LogP contribution in [0.2, 0.25) is 0 Å². The van der Waals surface area contributed by atoms with E-state index < -0.39 is 5.97 Å². The van der Waals surface area contributed by atoms with Gasteiger partial charge >= 0.3 is 5.97 Å². The molecule has 0 saturated carbocycles. The fourth-order valence-corrected chi connectivity index (χ4v) is 1.47. The van der Waals surface area contributed by atoms with Gasteiger partial charge in [-0.25, -0.2) is 14.8 Å². The SMILES string of the molecule is C=C(C(C)=N)C(/N=C\C)=N\C=C(/N)C(=O)OCc1ccccc1. The summed E-state index contributed by atoms with van der Waals surface area (Å²) >= 11 is 0. The molecule has 0 bridgehead atoms. The van der Waals surface area contributed by atoms with Crippen molar-refractivity contribution in [2.24, 2.45) is 15.7 Å². The van der Waals surface area contributed by atoms with Gasteiger partial charge in [-0.05, 0) is 19.4 Å². The minimum absolute atomic E-state index is 0.129. The molecule has 0 unspecified atom stereocenters. The summed E-state index contributed by atoms with van der Waals surface area (Å²) in [4.78, 5) is 19.8. The molecule has 23 heavy (non-hydrogen) atoms. The van der Waals surface area contributed by atoms with Crippen molar-refractivity contribution in [2.75, 3.05) is 0 Å². The van der Waals surface area contributed by atoms with Crippen molar-refractivity contribution in [2.45, 2.75) is 20.5 Å². The molecule has 3 N–H and O–H groups in total. The number of amidine groups is 1. The summed E-state index contributed by atoms with van der Waals surface area (Å²) in [6.45, 7) is 7.13. The fourth-order valence-electron chi connectivity index (χ4n) is 1.47. The standard InChI is InChI=1S/C17H20N4O2/c1-4-20-16(12(2)13(3)18)21-10-15(19)17(22)23-11-14-8-6-5-7-9-14/h4-10,18H,2,11,19H2,1,3H3/b15-10-,18-13?,20-4-,21-16+. The molecule has 0 spiro atoms. The molecule has 1 aromatic carbocycles. The number of hydrogen-bond acceptors (Lipinski definition) is 5. The lowest BCUT2D eigenvalue weighted by atomic mass is 10.2. The van der Waals surface area contributed by atoms with Crippen LogP contribution in [0.5, 0.6) is 0 Å². The van der Waals surface area contributed by atoms with Gasteiger partial charge in [0.25, 0.3) is 0 Å². The third-order valence-corrected chi connectivity index (χ3v) is 2.75. The summed E-state index contributed by atoms with van der Waals surface area (Å²) in [5.74, 6) is -0.451. The minimum Gasteiger partial charge on any atom is -0.456 e. The van der Waals surface area contributed by atoms with Gasteiger partial charge < -0.3 is 15.9 Å². The zero-order valence-electron chi connectivity index (χ0n) is 13.2. The van der Waals surface area contributed by atoms with Gasteiger partial charge in [0.2, 0.25) is 0 Å². The number of benzene rings is 1. The van der Waals surface area contributed by atoms with E-state index in [-0.39, 0.29) is 23.9 Å². The quantitative estimate of drug-likeness (QED) is 0.365. The average Bonchev–Trinajstić information content (AvgIpc) is 2.56. The van der Waals surface area contributed by atoms with Crippen LogP contribution < -0.4 is 5.73 Å². The summed E-state index contributed by atoms with van der Waals surface area (Å²) in [5.41, 5.74) is 6.94. The first-order valence-corrected chi connectivity index (χ1v) is 6.93. The number of carbonyl (C=O) groups is 1. The highest BCUT2D eigenvalue weighted by atomic mass is 16.5. The Labute approximate surface area is 135 Å². The lowest BCUT2D eigenvalue weighted by Crippen LogP contribution is -2.15. The van der Waals surface area contributed by atoms with Gasteiger partial charge in [0, 0.05) is 17.5 Å². The number of rotatable bonds is 6. The highest BCUT2D eigenvalue weighted by Crippen LogP contribution is 2.04. The molecule has 0 atom stereocenters. The Bertz CT molecular complexity index is 673. The molecule has 120 valence electrons. The molecule has 0 amide bonds. The topological polar surface area (TPSA) is 101 Å². The number of nitrogens with two attached hydrogens (primary N) is 1. The smallest absolute Gasteiger partial charge is 0.356 e. The van der Waals surface area contributed by atoms with Crippen LogP contribution in [0.3, 0.4) is 0 Å². The van der Waals surface area contributed by atoms with Crippen LogP contribution >= 0.6 is 0 Å². The molecule has 0 aliphatic rings. The highest BCUT2D eigenvalue weighted by molar-refractivity contribution is 6.22. The zero-order chi connectivity index (χ0) is 17.2. The number of nitrogens with one attached hydrogen (secondary N) is 1. The summed E-state index contributed by atoms with van der Waals surface area (Å²) in [5, 5.41) is 7.54. The van der Waals surface area contributed by atoms with Crippen molar-refractivity contribution in [3.8, 4) is 0 Å². The monoisotopic (exact) mass is 312 g/mol. The molecular weight excluding hydrogens is 292 g/mol. The van der Waals surface area contributed by atoms with E-state index in [2.05, 4.69) is 16.6 Å². The van der Waals surface area contributed by atoms with Crippen LogP contribution in [-0.4, -0.2) is 23.7 Å². The lowest BCUT2D eigenvalue weighted by molar-refractivity contribution is -0.140. The lowest BCUT2D eigenvalue weighted by Gasteiger charge is -2.05. The van der Waals surface area contributed by atoms with Crippen LogP contribution in [0.4, 0.5) is 0 Å². The van der Waals surface area contributed by atoms with Gasteiger partial charge in [-0.15, -0.1) is 0 Å². The molecule has 0 aliphatic carbocycles. The maximum Gasteiger partial charge on any atom is 0.356 e. The number of aliphatic imine (C=N–C) groups is 2. The molecule has 0 saturated heterocycles. The third-order valence-electron chi connectivity index (χ3n) is 2.75. The van der Waals surface area contributed by atoms with Crippen molar-refractivity contribution >= 4 is 23.7 Å². The Kier molecular flexibility index (Phi) is 7.13. The van der Waals surface area contributed by atoms with E-state index in [1.165, 1.54) is 6.21 Å². The van der Waals surface area contributed by atoms with E-state index in [1.54, 1.807) is 13.8 Å². The van der Waals surface area contributed by atoms with Crippen molar-refractivity contribution in [3.05, 3.63) is 59.9 Å². The van der Waals surface area contributed by atoms with Crippen molar-refractivity contribution in [3.63, 3.8) is 0 Å². The van der Waals surface area contributed by atoms with E-state index in [9.17, 15) is 4.79 Å². The summed E-state index contributed by atoms with van der Waals surface area (Å²) < 4.78 is 5.09. The molecule has 0 aromatic heterocycles. The predicted octanol–water partition coefficient (Wildman–Crippen LogP) is 2.61. The van der Waals surface area contributed by atoms with Gasteiger partial charge in [-0.1, -0.05) is 36.9 Å². The predicted molar refractivity (Wildman–Crippen MR) is 92.7 cm³/mol. The molecule has 6 heteroatoms. The van der Waals surface area contributed by atoms with Crippen LogP contribution in [0.15, 0.2) is 64.4 Å². The van der Waals surface area contributed by atoms with E-state index in [4.69, 9.17) is 15.9 Å². The van der Waals surface area contributed by atoms with Crippen LogP contribution in [0, 0.1) is 5.41 Å². The number of ether oxygens (including phenoxy) is 1. The maximum atomic E-state index is 11.8. The third kappa shape index (κ3) is 6.09. The second-order valence-electron chi connectivity index (χ2n) is 4.59. The summed E-state index contributed by atoms with van der Waals surface area (Å²) in [6, 6.07) is 9.27. The van der Waals surface area contributed by atoms with Gasteiger partial charge in [0.15, 0.2) is 5.84 Å². The molecule has 6 nitrogen and oxygen atoms in total. The number of esters is 1. The molecule has 0 aliphatic heterocycles. The number of nitrogens with zero attached hydrogens (tertiary/aromatic N) is 2. The van der Waals surface area contributed by atoms with Gasteiger partial charge in [0.1, 0.15) is 12.3 Å². The zero-order valence-corrected chi connectivity index (χ0v) is 13.2. The Morgan fingerprint density at radius 3 is 2.61 bits per heavy atom. The first-order valence-electron chi connectivity index (χ1n) is 6.93. The van der Waals surface area contributed by atoms with Gasteiger partial charge in [-0.3, -0.25) is 0 Å². The normalized spacial score (nSPS) is 12.3. The molecule has 1 aromatic rings. The molecule has 0 heterocycles. The Morgan fingerprint density at radius 1 is 1.39 bits per heavy atom. The number of carbonyl (C=O) groups excluding carboxylic acids is 1. The van der Waals surface area contributed by atoms with Crippen molar-refractivity contribution in [1.82, 2.24) is 0 Å². The first kappa shape index (κ1) is 18.0. The molecule has 0 radical (unpaired) electrons. The first-order chi connectivity index (χ1) is 11.0.